The molecule has 0 bridgehead atoms. The van der Waals surface area contributed by atoms with Crippen LogP contribution in [0.25, 0.3) is 0 Å². The Hall–Kier alpha value is -2.63. The molecule has 0 aliphatic rings. The Morgan fingerprint density at radius 1 is 0.351 bits per heavy atom. The van der Waals surface area contributed by atoms with E-state index in [1.54, 1.807) is 0 Å². The van der Waals surface area contributed by atoms with Gasteiger partial charge >= 0.3 is 17.9 Å². The van der Waals surface area contributed by atoms with Crippen molar-refractivity contribution in [1.29, 1.82) is 0 Å². The Bertz CT molecular complexity index is 1010. The Morgan fingerprint density at radius 2 is 0.667 bits per heavy atom. The lowest BCUT2D eigenvalue weighted by Crippen LogP contribution is -2.30. The highest BCUT2D eigenvalue weighted by molar-refractivity contribution is 5.71. The third-order valence-corrected chi connectivity index (χ3v) is 10.3. The van der Waals surface area contributed by atoms with Gasteiger partial charge in [0, 0.05) is 19.3 Å². The van der Waals surface area contributed by atoms with Gasteiger partial charge in [0.05, 0.1) is 0 Å². The van der Waals surface area contributed by atoms with E-state index in [0.29, 0.717) is 19.3 Å². The van der Waals surface area contributed by atoms with Gasteiger partial charge in [0.25, 0.3) is 0 Å². The Morgan fingerprint density at radius 3 is 1.05 bits per heavy atom. The molecule has 57 heavy (non-hydrogen) atoms. The Labute approximate surface area is 352 Å². The van der Waals surface area contributed by atoms with Gasteiger partial charge in [-0.2, -0.15) is 0 Å². The van der Waals surface area contributed by atoms with Crippen molar-refractivity contribution in [3.63, 3.8) is 0 Å². The largest absolute Gasteiger partial charge is 0.462 e. The maximum atomic E-state index is 12.7. The Kier molecular flexibility index (Phi) is 43.9. The van der Waals surface area contributed by atoms with Gasteiger partial charge in [-0.15, -0.1) is 0 Å². The zero-order valence-electron chi connectivity index (χ0n) is 37.6. The molecule has 1 atom stereocenters. The predicted octanol–water partition coefficient (Wildman–Crippen LogP) is 15.5. The van der Waals surface area contributed by atoms with Crippen molar-refractivity contribution < 1.29 is 28.6 Å². The summed E-state index contributed by atoms with van der Waals surface area (Å²) in [6, 6.07) is 0. The van der Waals surface area contributed by atoms with Crippen molar-refractivity contribution in [3.05, 3.63) is 48.6 Å². The first-order chi connectivity index (χ1) is 28.0. The van der Waals surface area contributed by atoms with Gasteiger partial charge in [0.2, 0.25) is 0 Å². The lowest BCUT2D eigenvalue weighted by Gasteiger charge is -2.18. The standard InChI is InChI=1S/C51H90O6/c1-4-7-10-13-16-19-22-24-25-26-28-29-32-35-38-41-44-50(53)56-47-48(46-55-49(52)43-40-37-34-31-21-18-15-12-9-6-3)57-51(54)45-42-39-36-33-30-27-23-20-17-14-11-8-5-2/h11,14,19-20,22-23,25-26,48H,4-10,12-13,15-18,21,24,27-47H2,1-3H3/b14-11-,22-19-,23-20-,26-25-. The summed E-state index contributed by atoms with van der Waals surface area (Å²) in [6.45, 7) is 6.52. The topological polar surface area (TPSA) is 78.9 Å². The zero-order valence-corrected chi connectivity index (χ0v) is 37.6. The van der Waals surface area contributed by atoms with Crippen LogP contribution in [0.3, 0.4) is 0 Å². The molecule has 0 aliphatic carbocycles. The third kappa shape index (κ3) is 44.3. The second-order valence-corrected chi connectivity index (χ2v) is 16.0. The van der Waals surface area contributed by atoms with Crippen molar-refractivity contribution in [2.75, 3.05) is 13.2 Å². The third-order valence-electron chi connectivity index (χ3n) is 10.3. The van der Waals surface area contributed by atoms with Gasteiger partial charge in [0.15, 0.2) is 6.10 Å². The van der Waals surface area contributed by atoms with E-state index in [1.807, 2.05) is 0 Å². The molecule has 1 unspecified atom stereocenters. The molecule has 0 saturated carbocycles. The van der Waals surface area contributed by atoms with Crippen LogP contribution in [-0.4, -0.2) is 37.2 Å². The number of hydrogen-bond donors (Lipinski definition) is 0. The number of hydrogen-bond acceptors (Lipinski definition) is 6. The molecule has 0 aromatic heterocycles. The lowest BCUT2D eigenvalue weighted by atomic mass is 10.1. The first-order valence-corrected chi connectivity index (χ1v) is 24.1. The van der Waals surface area contributed by atoms with Crippen molar-refractivity contribution in [2.45, 2.75) is 245 Å². The molecule has 0 saturated heterocycles. The minimum Gasteiger partial charge on any atom is -0.462 e. The maximum Gasteiger partial charge on any atom is 0.306 e. The molecule has 0 aromatic rings. The maximum absolute atomic E-state index is 12.7. The molecule has 0 radical (unpaired) electrons. The number of carbonyl (C=O) groups excluding carboxylic acids is 3. The SMILES string of the molecule is CCC/C=C\C/C=C\CCCCCCCC(=O)OC(COC(=O)CCCCCCC/C=C\C/C=C\CCCCCC)COC(=O)CCCCCCCCCCCC. The van der Waals surface area contributed by atoms with E-state index >= 15 is 0 Å². The van der Waals surface area contributed by atoms with Crippen LogP contribution >= 0.6 is 0 Å². The molecule has 0 rings (SSSR count). The molecule has 0 heterocycles. The number of carbonyl (C=O) groups is 3. The second kappa shape index (κ2) is 46.1. The number of rotatable bonds is 43. The van der Waals surface area contributed by atoms with Crippen LogP contribution in [0, 0.1) is 0 Å². The molecular formula is C51H90O6. The van der Waals surface area contributed by atoms with Crippen molar-refractivity contribution in [1.82, 2.24) is 0 Å². The summed E-state index contributed by atoms with van der Waals surface area (Å²) >= 11 is 0. The fourth-order valence-electron chi connectivity index (χ4n) is 6.63. The fourth-order valence-corrected chi connectivity index (χ4v) is 6.63. The smallest absolute Gasteiger partial charge is 0.306 e. The number of esters is 3. The van der Waals surface area contributed by atoms with E-state index in [-0.39, 0.29) is 31.1 Å². The van der Waals surface area contributed by atoms with E-state index in [2.05, 4.69) is 69.4 Å². The molecule has 0 spiro atoms. The molecule has 0 aromatic carbocycles. The molecule has 6 heteroatoms. The van der Waals surface area contributed by atoms with Gasteiger partial charge in [-0.05, 0) is 77.0 Å². The molecule has 330 valence electrons. The van der Waals surface area contributed by atoms with Crippen molar-refractivity contribution in [3.8, 4) is 0 Å². The van der Waals surface area contributed by atoms with Gasteiger partial charge in [-0.1, -0.05) is 191 Å². The minimum absolute atomic E-state index is 0.0820. The normalized spacial score (nSPS) is 12.4. The van der Waals surface area contributed by atoms with Gasteiger partial charge < -0.3 is 14.2 Å². The van der Waals surface area contributed by atoms with Crippen molar-refractivity contribution in [2.24, 2.45) is 0 Å². The van der Waals surface area contributed by atoms with E-state index in [4.69, 9.17) is 14.2 Å². The first-order valence-electron chi connectivity index (χ1n) is 24.1. The number of ether oxygens (including phenoxy) is 3. The summed E-state index contributed by atoms with van der Waals surface area (Å²) in [5.41, 5.74) is 0. The van der Waals surface area contributed by atoms with Crippen LogP contribution in [0.2, 0.25) is 0 Å². The summed E-state index contributed by atoms with van der Waals surface area (Å²) in [6.07, 6.45) is 53.7. The van der Waals surface area contributed by atoms with Crippen LogP contribution in [-0.2, 0) is 28.6 Å². The number of allylic oxidation sites excluding steroid dienone is 8. The molecule has 0 aliphatic heterocycles. The number of unbranched alkanes of at least 4 members (excludes halogenated alkanes) is 24. The molecule has 0 fully saturated rings. The molecule has 6 nitrogen and oxygen atoms in total. The second-order valence-electron chi connectivity index (χ2n) is 16.0. The highest BCUT2D eigenvalue weighted by atomic mass is 16.6. The fraction of sp³-hybridized carbons (Fsp3) is 0.784. The quantitative estimate of drug-likeness (QED) is 0.0265. The van der Waals surface area contributed by atoms with E-state index in [1.165, 1.54) is 89.9 Å². The highest BCUT2D eigenvalue weighted by Crippen LogP contribution is 2.14. The van der Waals surface area contributed by atoms with Crippen LogP contribution < -0.4 is 0 Å². The first kappa shape index (κ1) is 54.4. The summed E-state index contributed by atoms with van der Waals surface area (Å²) in [5, 5.41) is 0. The van der Waals surface area contributed by atoms with Crippen LogP contribution in [0.1, 0.15) is 239 Å². The lowest BCUT2D eigenvalue weighted by molar-refractivity contribution is -0.167. The zero-order chi connectivity index (χ0) is 41.5. The van der Waals surface area contributed by atoms with Crippen molar-refractivity contribution >= 4 is 17.9 Å². The monoisotopic (exact) mass is 799 g/mol. The summed E-state index contributed by atoms with van der Waals surface area (Å²) < 4.78 is 16.7. The summed E-state index contributed by atoms with van der Waals surface area (Å²) in [7, 11) is 0. The Balaban J connectivity index is 4.39. The average molecular weight is 799 g/mol. The molecule has 0 amide bonds. The van der Waals surface area contributed by atoms with Gasteiger partial charge in [0.1, 0.15) is 13.2 Å². The highest BCUT2D eigenvalue weighted by Gasteiger charge is 2.19. The predicted molar refractivity (Wildman–Crippen MR) is 242 cm³/mol. The molecular weight excluding hydrogens is 709 g/mol. The van der Waals surface area contributed by atoms with Crippen LogP contribution in [0.5, 0.6) is 0 Å². The van der Waals surface area contributed by atoms with E-state index in [9.17, 15) is 14.4 Å². The average Bonchev–Trinajstić information content (AvgIpc) is 3.21. The summed E-state index contributed by atoms with van der Waals surface area (Å²) in [4.78, 5) is 37.8. The van der Waals surface area contributed by atoms with Crippen LogP contribution in [0.4, 0.5) is 0 Å². The van der Waals surface area contributed by atoms with E-state index in [0.717, 1.165) is 109 Å². The molecule has 0 N–H and O–H groups in total. The summed E-state index contributed by atoms with van der Waals surface area (Å²) in [5.74, 6) is -0.910. The van der Waals surface area contributed by atoms with Gasteiger partial charge in [-0.25, -0.2) is 0 Å². The van der Waals surface area contributed by atoms with E-state index < -0.39 is 6.10 Å². The van der Waals surface area contributed by atoms with Gasteiger partial charge in [-0.3, -0.25) is 14.4 Å². The minimum atomic E-state index is -0.781. The van der Waals surface area contributed by atoms with Crippen LogP contribution in [0.15, 0.2) is 48.6 Å².